The molecule has 3 rings (SSSR count). The number of β-amino-alcohol motifs (C(OH)–C–C–N with tert-alkyl or cyclic N) is 1. The van der Waals surface area contributed by atoms with Crippen LogP contribution in [0, 0.1) is 0 Å². The predicted molar refractivity (Wildman–Crippen MR) is 77.5 cm³/mol. The molecule has 1 fully saturated rings. The molecule has 0 bridgehead atoms. The second-order valence-electron chi connectivity index (χ2n) is 5.88. The molecule has 108 valence electrons. The van der Waals surface area contributed by atoms with Gasteiger partial charge < -0.3 is 15.7 Å². The molecule has 1 aromatic carbocycles. The molecule has 4 nitrogen and oxygen atoms in total. The SMILES string of the molecule is O=C(NCC1CCCc2ccccc21)C1CC(O)CN1. The summed E-state index contributed by atoms with van der Waals surface area (Å²) in [6.07, 6.45) is 3.61. The third kappa shape index (κ3) is 2.86. The Balaban J connectivity index is 1.58. The number of hydrogen-bond acceptors (Lipinski definition) is 3. The van der Waals surface area contributed by atoms with Crippen LogP contribution in [0.1, 0.15) is 36.3 Å². The highest BCUT2D eigenvalue weighted by molar-refractivity contribution is 5.82. The Morgan fingerprint density at radius 1 is 1.40 bits per heavy atom. The standard InChI is InChI=1S/C16H22N2O2/c19-13-8-15(17-10-13)16(20)18-9-12-6-3-5-11-4-1-2-7-14(11)12/h1-2,4,7,12-13,15,17,19H,3,5-6,8-10H2,(H,18,20). The highest BCUT2D eigenvalue weighted by Gasteiger charge is 2.28. The average molecular weight is 274 g/mol. The maximum atomic E-state index is 12.1. The van der Waals surface area contributed by atoms with Crippen LogP contribution in [-0.4, -0.2) is 36.2 Å². The number of carbonyl (C=O) groups is 1. The minimum Gasteiger partial charge on any atom is -0.392 e. The second kappa shape index (κ2) is 5.94. The van der Waals surface area contributed by atoms with E-state index in [0.717, 1.165) is 12.8 Å². The van der Waals surface area contributed by atoms with Crippen LogP contribution >= 0.6 is 0 Å². The fourth-order valence-corrected chi connectivity index (χ4v) is 3.33. The van der Waals surface area contributed by atoms with Gasteiger partial charge in [0.15, 0.2) is 0 Å². The number of aryl methyl sites for hydroxylation is 1. The molecule has 1 aliphatic carbocycles. The van der Waals surface area contributed by atoms with E-state index in [2.05, 4.69) is 34.9 Å². The van der Waals surface area contributed by atoms with E-state index in [1.54, 1.807) is 0 Å². The van der Waals surface area contributed by atoms with Crippen LogP contribution in [0.5, 0.6) is 0 Å². The topological polar surface area (TPSA) is 61.4 Å². The van der Waals surface area contributed by atoms with Gasteiger partial charge in [0.25, 0.3) is 0 Å². The summed E-state index contributed by atoms with van der Waals surface area (Å²) in [4.78, 5) is 12.1. The van der Waals surface area contributed by atoms with E-state index < -0.39 is 0 Å². The Labute approximate surface area is 119 Å². The fourth-order valence-electron chi connectivity index (χ4n) is 3.33. The van der Waals surface area contributed by atoms with Crippen LogP contribution in [-0.2, 0) is 11.2 Å². The molecule has 1 aliphatic heterocycles. The van der Waals surface area contributed by atoms with Crippen LogP contribution in [0.4, 0.5) is 0 Å². The first kappa shape index (κ1) is 13.6. The van der Waals surface area contributed by atoms with Gasteiger partial charge in [-0.05, 0) is 36.8 Å². The highest BCUT2D eigenvalue weighted by Crippen LogP contribution is 2.30. The van der Waals surface area contributed by atoms with Crippen molar-refractivity contribution in [1.82, 2.24) is 10.6 Å². The van der Waals surface area contributed by atoms with Gasteiger partial charge in [-0.3, -0.25) is 4.79 Å². The number of aliphatic hydroxyl groups is 1. The van der Waals surface area contributed by atoms with Crippen molar-refractivity contribution in [3.63, 3.8) is 0 Å². The normalized spacial score (nSPS) is 28.9. The minimum absolute atomic E-state index is 0.0182. The van der Waals surface area contributed by atoms with E-state index in [1.165, 1.54) is 17.5 Å². The van der Waals surface area contributed by atoms with Gasteiger partial charge in [0, 0.05) is 19.0 Å². The van der Waals surface area contributed by atoms with Crippen molar-refractivity contribution >= 4 is 5.91 Å². The molecule has 1 heterocycles. The van der Waals surface area contributed by atoms with E-state index in [-0.39, 0.29) is 18.1 Å². The molecule has 3 atom stereocenters. The van der Waals surface area contributed by atoms with E-state index in [9.17, 15) is 9.90 Å². The quantitative estimate of drug-likeness (QED) is 0.769. The molecular formula is C16H22N2O2. The van der Waals surface area contributed by atoms with E-state index in [1.807, 2.05) is 0 Å². The Hall–Kier alpha value is -1.39. The molecule has 3 N–H and O–H groups in total. The molecular weight excluding hydrogens is 252 g/mol. The first-order chi connectivity index (χ1) is 9.74. The van der Waals surface area contributed by atoms with E-state index >= 15 is 0 Å². The van der Waals surface area contributed by atoms with Gasteiger partial charge >= 0.3 is 0 Å². The fraction of sp³-hybridized carbons (Fsp3) is 0.562. The first-order valence-corrected chi connectivity index (χ1v) is 7.51. The van der Waals surface area contributed by atoms with Crippen LogP contribution in [0.15, 0.2) is 24.3 Å². The minimum atomic E-state index is -0.388. The van der Waals surface area contributed by atoms with Crippen molar-refractivity contribution in [1.29, 1.82) is 0 Å². The number of rotatable bonds is 3. The molecule has 1 saturated heterocycles. The lowest BCUT2D eigenvalue weighted by atomic mass is 9.83. The zero-order chi connectivity index (χ0) is 13.9. The van der Waals surface area contributed by atoms with Crippen LogP contribution in [0.25, 0.3) is 0 Å². The summed E-state index contributed by atoms with van der Waals surface area (Å²) in [5.41, 5.74) is 2.81. The third-order valence-electron chi connectivity index (χ3n) is 4.44. The Morgan fingerprint density at radius 2 is 2.25 bits per heavy atom. The molecule has 0 saturated carbocycles. The van der Waals surface area contributed by atoms with Crippen molar-refractivity contribution in [3.8, 4) is 0 Å². The molecule has 0 aromatic heterocycles. The third-order valence-corrected chi connectivity index (χ3v) is 4.44. The number of nitrogens with one attached hydrogen (secondary N) is 2. The van der Waals surface area contributed by atoms with Crippen LogP contribution < -0.4 is 10.6 Å². The maximum Gasteiger partial charge on any atom is 0.237 e. The van der Waals surface area contributed by atoms with Crippen molar-refractivity contribution in [2.45, 2.75) is 43.7 Å². The number of carbonyl (C=O) groups excluding carboxylic acids is 1. The Morgan fingerprint density at radius 3 is 3.05 bits per heavy atom. The lowest BCUT2D eigenvalue weighted by molar-refractivity contribution is -0.123. The summed E-state index contributed by atoms with van der Waals surface area (Å²) in [5, 5.41) is 15.5. The van der Waals surface area contributed by atoms with E-state index in [4.69, 9.17) is 0 Å². The number of fused-ring (bicyclic) bond motifs is 1. The van der Waals surface area contributed by atoms with Gasteiger partial charge in [-0.15, -0.1) is 0 Å². The number of hydrogen-bond donors (Lipinski definition) is 3. The first-order valence-electron chi connectivity index (χ1n) is 7.51. The molecule has 0 radical (unpaired) electrons. The lowest BCUT2D eigenvalue weighted by Crippen LogP contribution is -2.42. The number of benzene rings is 1. The van der Waals surface area contributed by atoms with Gasteiger partial charge in [-0.1, -0.05) is 24.3 Å². The highest BCUT2D eigenvalue weighted by atomic mass is 16.3. The Bertz CT molecular complexity index is 489. The lowest BCUT2D eigenvalue weighted by Gasteiger charge is -2.26. The number of amides is 1. The van der Waals surface area contributed by atoms with Gasteiger partial charge in [-0.25, -0.2) is 0 Å². The van der Waals surface area contributed by atoms with Gasteiger partial charge in [-0.2, -0.15) is 0 Å². The predicted octanol–water partition coefficient (Wildman–Crippen LogP) is 0.945. The number of aliphatic hydroxyl groups excluding tert-OH is 1. The van der Waals surface area contributed by atoms with Crippen LogP contribution in [0.2, 0.25) is 0 Å². The van der Waals surface area contributed by atoms with Crippen LogP contribution in [0.3, 0.4) is 0 Å². The zero-order valence-corrected chi connectivity index (χ0v) is 11.6. The molecule has 1 aromatic rings. The van der Waals surface area contributed by atoms with Crippen molar-refractivity contribution in [2.24, 2.45) is 0 Å². The monoisotopic (exact) mass is 274 g/mol. The second-order valence-corrected chi connectivity index (χ2v) is 5.88. The smallest absolute Gasteiger partial charge is 0.237 e. The summed E-state index contributed by atoms with van der Waals surface area (Å²) >= 11 is 0. The summed E-state index contributed by atoms with van der Waals surface area (Å²) in [7, 11) is 0. The van der Waals surface area contributed by atoms with E-state index in [0.29, 0.717) is 25.4 Å². The van der Waals surface area contributed by atoms with Gasteiger partial charge in [0.2, 0.25) is 5.91 Å². The summed E-state index contributed by atoms with van der Waals surface area (Å²) in [6.45, 7) is 1.22. The van der Waals surface area contributed by atoms with Gasteiger partial charge in [0.1, 0.15) is 0 Å². The molecule has 20 heavy (non-hydrogen) atoms. The Kier molecular flexibility index (Phi) is 4.03. The summed E-state index contributed by atoms with van der Waals surface area (Å²) < 4.78 is 0. The average Bonchev–Trinajstić information content (AvgIpc) is 2.91. The zero-order valence-electron chi connectivity index (χ0n) is 11.6. The molecule has 4 heteroatoms. The van der Waals surface area contributed by atoms with Gasteiger partial charge in [0.05, 0.1) is 12.1 Å². The van der Waals surface area contributed by atoms with Crippen molar-refractivity contribution in [3.05, 3.63) is 35.4 Å². The van der Waals surface area contributed by atoms with Crippen molar-refractivity contribution < 1.29 is 9.90 Å². The molecule has 2 aliphatic rings. The maximum absolute atomic E-state index is 12.1. The summed E-state index contributed by atoms with van der Waals surface area (Å²) in [6, 6.07) is 8.31. The molecule has 3 unspecified atom stereocenters. The largest absolute Gasteiger partial charge is 0.392 e. The van der Waals surface area contributed by atoms with Crippen molar-refractivity contribution in [2.75, 3.05) is 13.1 Å². The molecule has 0 spiro atoms. The summed E-state index contributed by atoms with van der Waals surface area (Å²) in [5.74, 6) is 0.444. The molecule has 1 amide bonds.